The first-order chi connectivity index (χ1) is 18.6. The van der Waals surface area contributed by atoms with Gasteiger partial charge in [0.25, 0.3) is 17.5 Å². The van der Waals surface area contributed by atoms with E-state index < -0.39 is 22.7 Å². The molecule has 0 unspecified atom stereocenters. The number of halogens is 1. The van der Waals surface area contributed by atoms with Gasteiger partial charge in [0.05, 0.1) is 27.8 Å². The summed E-state index contributed by atoms with van der Waals surface area (Å²) in [6.45, 7) is 0.0933. The number of carboxylic acids is 1. The summed E-state index contributed by atoms with van der Waals surface area (Å²) >= 11 is 8.60. The highest BCUT2D eigenvalue weighted by Crippen LogP contribution is 2.38. The fourth-order valence-electron chi connectivity index (χ4n) is 3.67. The number of carbonyl (C=O) groups excluding carboxylic acids is 2. The van der Waals surface area contributed by atoms with Gasteiger partial charge in [-0.3, -0.25) is 29.9 Å². The van der Waals surface area contributed by atoms with E-state index in [4.69, 9.17) is 21.7 Å². The van der Waals surface area contributed by atoms with Crippen LogP contribution in [0.15, 0.2) is 70.7 Å². The van der Waals surface area contributed by atoms with Crippen LogP contribution >= 0.6 is 28.1 Å². The molecule has 0 spiro atoms. The molecule has 11 nitrogen and oxygen atoms in total. The predicted molar refractivity (Wildman–Crippen MR) is 148 cm³/mol. The molecule has 198 valence electrons. The molecule has 1 aliphatic rings. The molecule has 0 aliphatic carbocycles. The van der Waals surface area contributed by atoms with Crippen LogP contribution in [0.2, 0.25) is 0 Å². The molecule has 4 rings (SSSR count). The normalized spacial score (nSPS) is 14.3. The molecule has 39 heavy (non-hydrogen) atoms. The van der Waals surface area contributed by atoms with E-state index in [1.54, 1.807) is 24.3 Å². The van der Waals surface area contributed by atoms with Crippen molar-refractivity contribution in [2.45, 2.75) is 6.61 Å². The van der Waals surface area contributed by atoms with Crippen molar-refractivity contribution in [3.8, 4) is 11.5 Å². The number of ether oxygens (including phenoxy) is 2. The molecular weight excluding hydrogens is 594 g/mol. The summed E-state index contributed by atoms with van der Waals surface area (Å²) in [5, 5.41) is 22.4. The maximum absolute atomic E-state index is 13.3. The number of aromatic carboxylic acids is 1. The van der Waals surface area contributed by atoms with Crippen LogP contribution in [0.1, 0.15) is 21.5 Å². The Balaban J connectivity index is 1.62. The molecule has 0 aromatic heterocycles. The topological polar surface area (TPSA) is 148 Å². The van der Waals surface area contributed by atoms with Crippen molar-refractivity contribution in [3.05, 3.63) is 97.5 Å². The Bertz CT molecular complexity index is 1560. The lowest BCUT2D eigenvalue weighted by Gasteiger charge is -2.29. The zero-order valence-electron chi connectivity index (χ0n) is 20.0. The van der Waals surface area contributed by atoms with Crippen LogP contribution in [-0.2, 0) is 16.2 Å². The zero-order chi connectivity index (χ0) is 28.3. The first-order valence-electron chi connectivity index (χ1n) is 11.1. The minimum atomic E-state index is -1.18. The van der Waals surface area contributed by atoms with E-state index in [-0.39, 0.29) is 34.2 Å². The smallest absolute Gasteiger partial charge is 0.335 e. The summed E-state index contributed by atoms with van der Waals surface area (Å²) in [4.78, 5) is 48.8. The van der Waals surface area contributed by atoms with Gasteiger partial charge in [0.1, 0.15) is 12.2 Å². The maximum Gasteiger partial charge on any atom is 0.335 e. The number of carbonyl (C=O) groups is 3. The van der Waals surface area contributed by atoms with Crippen LogP contribution in [0.25, 0.3) is 6.08 Å². The third-order valence-corrected chi connectivity index (χ3v) is 6.42. The van der Waals surface area contributed by atoms with E-state index in [0.717, 1.165) is 4.90 Å². The van der Waals surface area contributed by atoms with Crippen molar-refractivity contribution < 1.29 is 33.9 Å². The van der Waals surface area contributed by atoms with Crippen molar-refractivity contribution >= 4 is 68.5 Å². The largest absolute Gasteiger partial charge is 0.493 e. The van der Waals surface area contributed by atoms with Crippen molar-refractivity contribution in [1.82, 2.24) is 5.32 Å². The van der Waals surface area contributed by atoms with Crippen molar-refractivity contribution in [1.29, 1.82) is 0 Å². The molecule has 1 aliphatic heterocycles. The highest BCUT2D eigenvalue weighted by atomic mass is 79.9. The number of benzene rings is 3. The molecule has 1 heterocycles. The standard InChI is InChI=1S/C26H18BrN3O8S/c1-37-21-11-15(10-20(27)22(21)38-13-14-5-7-17(8-6-14)30(35)36)9-19-23(31)28-26(39)29(24(19)32)18-4-2-3-16(12-18)25(33)34/h2-12H,13H2,1H3,(H,33,34)(H,28,31,39). The Kier molecular flexibility index (Phi) is 8.02. The summed E-state index contributed by atoms with van der Waals surface area (Å²) in [6.07, 6.45) is 1.35. The van der Waals surface area contributed by atoms with Crippen LogP contribution in [0.3, 0.4) is 0 Å². The van der Waals surface area contributed by atoms with E-state index in [0.29, 0.717) is 27.1 Å². The third-order valence-electron chi connectivity index (χ3n) is 5.55. The average Bonchev–Trinajstić information content (AvgIpc) is 2.90. The number of nitrogens with one attached hydrogen (secondary N) is 1. The van der Waals surface area contributed by atoms with Gasteiger partial charge < -0.3 is 14.6 Å². The van der Waals surface area contributed by atoms with Crippen LogP contribution < -0.4 is 19.7 Å². The molecule has 1 saturated heterocycles. The van der Waals surface area contributed by atoms with Gasteiger partial charge >= 0.3 is 5.97 Å². The monoisotopic (exact) mass is 611 g/mol. The van der Waals surface area contributed by atoms with Crippen LogP contribution in [0.4, 0.5) is 11.4 Å². The second-order valence-electron chi connectivity index (χ2n) is 8.06. The van der Waals surface area contributed by atoms with Gasteiger partial charge in [0.2, 0.25) is 0 Å². The maximum atomic E-state index is 13.3. The first kappa shape index (κ1) is 27.4. The molecule has 0 saturated carbocycles. The molecule has 0 bridgehead atoms. The van der Waals surface area contributed by atoms with Crippen LogP contribution in [0.5, 0.6) is 11.5 Å². The molecule has 2 N–H and O–H groups in total. The predicted octanol–water partition coefficient (Wildman–Crippen LogP) is 4.47. The number of carboxylic acid groups (broad SMARTS) is 1. The summed E-state index contributed by atoms with van der Waals surface area (Å²) in [5.41, 5.74) is 0.969. The second kappa shape index (κ2) is 11.4. The minimum absolute atomic E-state index is 0.0369. The highest BCUT2D eigenvalue weighted by molar-refractivity contribution is 9.10. The Labute approximate surface area is 234 Å². The lowest BCUT2D eigenvalue weighted by molar-refractivity contribution is -0.384. The van der Waals surface area contributed by atoms with Gasteiger partial charge in [-0.05, 0) is 87.8 Å². The summed E-state index contributed by atoms with van der Waals surface area (Å²) in [7, 11) is 1.42. The van der Waals surface area contributed by atoms with Crippen LogP contribution in [-0.4, -0.2) is 40.0 Å². The SMILES string of the molecule is COc1cc(C=C2C(=O)NC(=S)N(c3cccc(C(=O)O)c3)C2=O)cc(Br)c1OCc1ccc([N+](=O)[O-])cc1. The van der Waals surface area contributed by atoms with E-state index in [1.807, 2.05) is 0 Å². The number of nitrogens with zero attached hydrogens (tertiary/aromatic N) is 2. The Morgan fingerprint density at radius 2 is 1.90 bits per heavy atom. The molecule has 0 atom stereocenters. The molecule has 2 amide bonds. The summed E-state index contributed by atoms with van der Waals surface area (Å²) in [6, 6.07) is 14.7. The number of anilines is 1. The fraction of sp³-hybridized carbons (Fsp3) is 0.0769. The lowest BCUT2D eigenvalue weighted by atomic mass is 10.1. The van der Waals surface area contributed by atoms with Gasteiger partial charge in [0.15, 0.2) is 16.6 Å². The average molecular weight is 612 g/mol. The Morgan fingerprint density at radius 3 is 2.54 bits per heavy atom. The van der Waals surface area contributed by atoms with Gasteiger partial charge in [-0.1, -0.05) is 6.07 Å². The number of amides is 2. The van der Waals surface area contributed by atoms with Gasteiger partial charge in [0, 0.05) is 12.1 Å². The number of nitro benzene ring substituents is 1. The molecule has 3 aromatic rings. The fourth-order valence-corrected chi connectivity index (χ4v) is 4.52. The number of methoxy groups -OCH3 is 1. The first-order valence-corrected chi connectivity index (χ1v) is 12.3. The quantitative estimate of drug-likeness (QED) is 0.124. The third kappa shape index (κ3) is 5.94. The van der Waals surface area contributed by atoms with Gasteiger partial charge in [-0.2, -0.15) is 0 Å². The molecular formula is C26H18BrN3O8S. The summed E-state index contributed by atoms with van der Waals surface area (Å²) < 4.78 is 11.8. The van der Waals surface area contributed by atoms with E-state index in [9.17, 15) is 29.6 Å². The van der Waals surface area contributed by atoms with Crippen molar-refractivity contribution in [3.63, 3.8) is 0 Å². The van der Waals surface area contributed by atoms with Crippen molar-refractivity contribution in [2.24, 2.45) is 0 Å². The van der Waals surface area contributed by atoms with E-state index in [1.165, 1.54) is 49.6 Å². The van der Waals surface area contributed by atoms with E-state index in [2.05, 4.69) is 21.2 Å². The number of nitro groups is 1. The van der Waals surface area contributed by atoms with Gasteiger partial charge in [-0.15, -0.1) is 0 Å². The summed E-state index contributed by atoms with van der Waals surface area (Å²) in [5.74, 6) is -2.00. The molecule has 13 heteroatoms. The van der Waals surface area contributed by atoms with E-state index >= 15 is 0 Å². The Morgan fingerprint density at radius 1 is 1.18 bits per heavy atom. The molecule has 3 aromatic carbocycles. The minimum Gasteiger partial charge on any atom is -0.493 e. The van der Waals surface area contributed by atoms with Crippen LogP contribution in [0, 0.1) is 10.1 Å². The molecule has 1 fully saturated rings. The number of thiocarbonyl (C=S) groups is 1. The highest BCUT2D eigenvalue weighted by Gasteiger charge is 2.35. The van der Waals surface area contributed by atoms with Gasteiger partial charge in [-0.25, -0.2) is 4.79 Å². The number of rotatable bonds is 8. The number of hydrogen-bond acceptors (Lipinski definition) is 8. The zero-order valence-corrected chi connectivity index (χ0v) is 22.4. The second-order valence-corrected chi connectivity index (χ2v) is 9.30. The van der Waals surface area contributed by atoms with Crippen molar-refractivity contribution in [2.75, 3.05) is 12.0 Å². The number of hydrogen-bond donors (Lipinski definition) is 2. The number of non-ortho nitro benzene ring substituents is 1. The lowest BCUT2D eigenvalue weighted by Crippen LogP contribution is -2.54. The Hall–Kier alpha value is -4.62. The molecule has 0 radical (unpaired) electrons.